The molecule has 0 spiro atoms. The normalized spacial score (nSPS) is 25.8. The molecule has 2 heteroatoms. The van der Waals surface area contributed by atoms with Gasteiger partial charge in [0.1, 0.15) is 11.9 Å². The van der Waals surface area contributed by atoms with Crippen LogP contribution in [-0.4, -0.2) is 17.3 Å². The molecule has 86 valence electrons. The molecular formula is C15H14O2. The molecule has 0 saturated carbocycles. The standard InChI is InChI=1S/C15H14O2/c16-13-7-5-11(6-8-13)9-14-10-12-3-1-2-4-15(12)17-14/h1-8,10,14-16H,9H2. The van der Waals surface area contributed by atoms with Crippen molar-refractivity contribution in [1.82, 2.24) is 0 Å². The SMILES string of the molecule is Oc1ccc(CC2C=C3C=CC=CC3O2)cc1. The van der Waals surface area contributed by atoms with Crippen molar-refractivity contribution in [2.45, 2.75) is 18.6 Å². The third-order valence-electron chi connectivity index (χ3n) is 3.09. The van der Waals surface area contributed by atoms with Gasteiger partial charge in [-0.2, -0.15) is 0 Å². The van der Waals surface area contributed by atoms with Gasteiger partial charge in [0.05, 0.1) is 6.10 Å². The maximum Gasteiger partial charge on any atom is 0.115 e. The third-order valence-corrected chi connectivity index (χ3v) is 3.09. The summed E-state index contributed by atoms with van der Waals surface area (Å²) < 4.78 is 5.91. The molecule has 17 heavy (non-hydrogen) atoms. The number of phenols is 1. The van der Waals surface area contributed by atoms with Crippen LogP contribution in [0.4, 0.5) is 0 Å². The van der Waals surface area contributed by atoms with Crippen LogP contribution in [0.25, 0.3) is 0 Å². The molecule has 0 radical (unpaired) electrons. The van der Waals surface area contributed by atoms with Gasteiger partial charge in [0.25, 0.3) is 0 Å². The minimum absolute atomic E-state index is 0.127. The molecule has 3 rings (SSSR count). The Morgan fingerprint density at radius 3 is 2.71 bits per heavy atom. The lowest BCUT2D eigenvalue weighted by Crippen LogP contribution is -2.14. The highest BCUT2D eigenvalue weighted by molar-refractivity contribution is 5.39. The maximum atomic E-state index is 9.22. The molecule has 1 heterocycles. The summed E-state index contributed by atoms with van der Waals surface area (Å²) in [6.07, 6.45) is 11.5. The van der Waals surface area contributed by atoms with E-state index in [-0.39, 0.29) is 12.2 Å². The first-order chi connectivity index (χ1) is 8.31. The Labute approximate surface area is 101 Å². The van der Waals surface area contributed by atoms with Crippen LogP contribution in [0.3, 0.4) is 0 Å². The Balaban J connectivity index is 1.72. The van der Waals surface area contributed by atoms with Crippen LogP contribution in [0.5, 0.6) is 5.75 Å². The second kappa shape index (κ2) is 4.22. The lowest BCUT2D eigenvalue weighted by molar-refractivity contribution is 0.0845. The molecule has 0 fully saturated rings. The van der Waals surface area contributed by atoms with Crippen LogP contribution in [0, 0.1) is 0 Å². The van der Waals surface area contributed by atoms with E-state index in [1.807, 2.05) is 24.3 Å². The third kappa shape index (κ3) is 2.17. The Morgan fingerprint density at radius 1 is 1.12 bits per heavy atom. The average Bonchev–Trinajstić information content (AvgIpc) is 2.74. The number of hydrogen-bond donors (Lipinski definition) is 1. The zero-order valence-corrected chi connectivity index (χ0v) is 9.41. The van der Waals surface area contributed by atoms with Crippen LogP contribution in [0.15, 0.2) is 60.2 Å². The highest BCUT2D eigenvalue weighted by Gasteiger charge is 2.24. The molecule has 0 saturated heterocycles. The predicted octanol–water partition coefficient (Wildman–Crippen LogP) is 2.75. The molecule has 1 aliphatic heterocycles. The van der Waals surface area contributed by atoms with Gasteiger partial charge in [0.15, 0.2) is 0 Å². The smallest absolute Gasteiger partial charge is 0.115 e. The molecule has 2 unspecified atom stereocenters. The monoisotopic (exact) mass is 226 g/mol. The van der Waals surface area contributed by atoms with E-state index in [1.54, 1.807) is 12.1 Å². The van der Waals surface area contributed by atoms with Gasteiger partial charge in [0.2, 0.25) is 0 Å². The fourth-order valence-electron chi connectivity index (χ4n) is 2.23. The van der Waals surface area contributed by atoms with Gasteiger partial charge in [-0.3, -0.25) is 0 Å². The van der Waals surface area contributed by atoms with E-state index in [0.29, 0.717) is 5.75 Å². The van der Waals surface area contributed by atoms with E-state index in [0.717, 1.165) is 6.42 Å². The molecule has 0 aromatic heterocycles. The molecule has 1 aromatic carbocycles. The van der Waals surface area contributed by atoms with Gasteiger partial charge in [-0.15, -0.1) is 0 Å². The summed E-state index contributed by atoms with van der Waals surface area (Å²) in [5.74, 6) is 0.305. The summed E-state index contributed by atoms with van der Waals surface area (Å²) in [5, 5.41) is 9.22. The highest BCUT2D eigenvalue weighted by Crippen LogP contribution is 2.26. The van der Waals surface area contributed by atoms with Crippen LogP contribution in [-0.2, 0) is 11.2 Å². The van der Waals surface area contributed by atoms with E-state index < -0.39 is 0 Å². The minimum atomic E-state index is 0.127. The van der Waals surface area contributed by atoms with Crippen molar-refractivity contribution in [3.8, 4) is 5.75 Å². The largest absolute Gasteiger partial charge is 0.508 e. The number of aromatic hydroxyl groups is 1. The number of fused-ring (bicyclic) bond motifs is 1. The Hall–Kier alpha value is -1.80. The van der Waals surface area contributed by atoms with E-state index in [2.05, 4.69) is 18.2 Å². The summed E-state index contributed by atoms with van der Waals surface area (Å²) in [5.41, 5.74) is 2.42. The molecular weight excluding hydrogens is 212 g/mol. The van der Waals surface area contributed by atoms with Gasteiger partial charge < -0.3 is 9.84 Å². The fraction of sp³-hybridized carbons (Fsp3) is 0.200. The van der Waals surface area contributed by atoms with Crippen molar-refractivity contribution in [2.75, 3.05) is 0 Å². The van der Waals surface area contributed by atoms with Crippen molar-refractivity contribution >= 4 is 0 Å². The quantitative estimate of drug-likeness (QED) is 0.840. The highest BCUT2D eigenvalue weighted by atomic mass is 16.5. The van der Waals surface area contributed by atoms with Crippen molar-refractivity contribution in [3.63, 3.8) is 0 Å². The number of rotatable bonds is 2. The second-order valence-corrected chi connectivity index (χ2v) is 4.38. The number of ether oxygens (including phenoxy) is 1. The first kappa shape index (κ1) is 10.4. The molecule has 2 nitrogen and oxygen atoms in total. The summed E-state index contributed by atoms with van der Waals surface area (Å²) in [6.45, 7) is 0. The molecule has 1 aliphatic carbocycles. The zero-order valence-electron chi connectivity index (χ0n) is 9.41. The Kier molecular flexibility index (Phi) is 2.57. The van der Waals surface area contributed by atoms with Crippen LogP contribution in [0.2, 0.25) is 0 Å². The number of allylic oxidation sites excluding steroid dienone is 2. The second-order valence-electron chi connectivity index (χ2n) is 4.38. The number of phenolic OH excluding ortho intramolecular Hbond substituents is 1. The predicted molar refractivity (Wildman–Crippen MR) is 66.8 cm³/mol. The van der Waals surface area contributed by atoms with E-state index >= 15 is 0 Å². The van der Waals surface area contributed by atoms with Crippen molar-refractivity contribution in [2.24, 2.45) is 0 Å². The molecule has 2 aliphatic rings. The van der Waals surface area contributed by atoms with E-state index in [1.165, 1.54) is 11.1 Å². The van der Waals surface area contributed by atoms with Crippen LogP contribution >= 0.6 is 0 Å². The van der Waals surface area contributed by atoms with Crippen LogP contribution in [0.1, 0.15) is 5.56 Å². The summed E-state index contributed by atoms with van der Waals surface area (Å²) in [7, 11) is 0. The van der Waals surface area contributed by atoms with E-state index in [9.17, 15) is 5.11 Å². The molecule has 0 amide bonds. The average molecular weight is 226 g/mol. The maximum absolute atomic E-state index is 9.22. The lowest BCUT2D eigenvalue weighted by Gasteiger charge is -2.13. The first-order valence-electron chi connectivity index (χ1n) is 5.81. The molecule has 2 atom stereocenters. The topological polar surface area (TPSA) is 29.5 Å². The fourth-order valence-corrected chi connectivity index (χ4v) is 2.23. The number of hydrogen-bond acceptors (Lipinski definition) is 2. The van der Waals surface area contributed by atoms with Crippen LogP contribution < -0.4 is 0 Å². The van der Waals surface area contributed by atoms with Gasteiger partial charge in [-0.1, -0.05) is 36.4 Å². The van der Waals surface area contributed by atoms with E-state index in [4.69, 9.17) is 4.74 Å². The first-order valence-corrected chi connectivity index (χ1v) is 5.81. The van der Waals surface area contributed by atoms with Crippen molar-refractivity contribution < 1.29 is 9.84 Å². The Morgan fingerprint density at radius 2 is 1.94 bits per heavy atom. The molecule has 1 aromatic rings. The van der Waals surface area contributed by atoms with Gasteiger partial charge in [-0.25, -0.2) is 0 Å². The van der Waals surface area contributed by atoms with Gasteiger partial charge in [-0.05, 0) is 29.3 Å². The van der Waals surface area contributed by atoms with Crippen molar-refractivity contribution in [1.29, 1.82) is 0 Å². The number of benzene rings is 1. The zero-order chi connectivity index (χ0) is 11.7. The Bertz CT molecular complexity index is 494. The summed E-state index contributed by atoms with van der Waals surface area (Å²) in [6, 6.07) is 7.30. The van der Waals surface area contributed by atoms with Crippen molar-refractivity contribution in [3.05, 3.63) is 65.8 Å². The lowest BCUT2D eigenvalue weighted by atomic mass is 10.0. The summed E-state index contributed by atoms with van der Waals surface area (Å²) in [4.78, 5) is 0. The molecule has 1 N–H and O–H groups in total. The summed E-state index contributed by atoms with van der Waals surface area (Å²) >= 11 is 0. The minimum Gasteiger partial charge on any atom is -0.508 e. The van der Waals surface area contributed by atoms with Gasteiger partial charge >= 0.3 is 0 Å². The molecule has 0 bridgehead atoms. The van der Waals surface area contributed by atoms with Gasteiger partial charge in [0, 0.05) is 6.42 Å².